The van der Waals surface area contributed by atoms with Crippen molar-refractivity contribution in [2.24, 2.45) is 4.99 Å². The van der Waals surface area contributed by atoms with Gasteiger partial charge in [0.25, 0.3) is 0 Å². The maximum Gasteiger partial charge on any atom is 0.351 e. The Morgan fingerprint density at radius 3 is 2.39 bits per heavy atom. The van der Waals surface area contributed by atoms with E-state index >= 15 is 0 Å². The van der Waals surface area contributed by atoms with Crippen LogP contribution >= 0.6 is 0 Å². The van der Waals surface area contributed by atoms with Crippen LogP contribution in [-0.4, -0.2) is 60.4 Å². The van der Waals surface area contributed by atoms with E-state index in [9.17, 15) is 9.59 Å². The summed E-state index contributed by atoms with van der Waals surface area (Å²) < 4.78 is 17.9. The van der Waals surface area contributed by atoms with Crippen molar-refractivity contribution in [2.75, 3.05) is 27.3 Å². The van der Waals surface area contributed by atoms with Crippen LogP contribution in [0.4, 0.5) is 5.82 Å². The number of nitrogens with zero attached hydrogens (tertiary/aromatic N) is 4. The number of aliphatic imine (C=N–C) groups is 1. The highest BCUT2D eigenvalue weighted by molar-refractivity contribution is 5.69. The number of aromatic nitrogens is 2. The van der Waals surface area contributed by atoms with Crippen LogP contribution in [0, 0.1) is 0 Å². The first-order valence-electron chi connectivity index (χ1n) is 14.4. The van der Waals surface area contributed by atoms with Crippen molar-refractivity contribution in [1.29, 1.82) is 0 Å². The Kier molecular flexibility index (Phi) is 16.3. The predicted octanol–water partition coefficient (Wildman–Crippen LogP) is 5.92. The monoisotopic (exact) mass is 532 g/mol. The van der Waals surface area contributed by atoms with Gasteiger partial charge in [-0.15, -0.1) is 0 Å². The summed E-state index contributed by atoms with van der Waals surface area (Å²) in [5, 5.41) is 0. The van der Waals surface area contributed by atoms with E-state index in [1.54, 1.807) is 23.5 Å². The van der Waals surface area contributed by atoms with Gasteiger partial charge in [0.05, 0.1) is 12.9 Å². The molecule has 1 fully saturated rings. The summed E-state index contributed by atoms with van der Waals surface area (Å²) in [5.41, 5.74) is -0.478. The predicted molar refractivity (Wildman–Crippen MR) is 151 cm³/mol. The molecule has 2 heterocycles. The van der Waals surface area contributed by atoms with Gasteiger partial charge >= 0.3 is 11.7 Å². The third kappa shape index (κ3) is 13.9. The Morgan fingerprint density at radius 2 is 1.74 bits per heavy atom. The maximum absolute atomic E-state index is 12.3. The van der Waals surface area contributed by atoms with Crippen molar-refractivity contribution in [3.8, 4) is 0 Å². The van der Waals surface area contributed by atoms with Gasteiger partial charge in [0.2, 0.25) is 0 Å². The molecular weight excluding hydrogens is 484 g/mol. The van der Waals surface area contributed by atoms with Crippen LogP contribution < -0.4 is 5.69 Å². The van der Waals surface area contributed by atoms with Crippen LogP contribution in [0.3, 0.4) is 0 Å². The normalized spacial score (nSPS) is 17.6. The molecule has 0 saturated carbocycles. The van der Waals surface area contributed by atoms with Crippen LogP contribution in [0.2, 0.25) is 0 Å². The molecule has 2 rings (SSSR count). The van der Waals surface area contributed by atoms with Crippen LogP contribution in [-0.2, 0) is 19.0 Å². The highest BCUT2D eigenvalue weighted by Gasteiger charge is 2.29. The molecule has 0 aromatic carbocycles. The molecule has 9 nitrogen and oxygen atoms in total. The molecule has 1 saturated heterocycles. The second-order valence-electron chi connectivity index (χ2n) is 10.1. The summed E-state index contributed by atoms with van der Waals surface area (Å²) in [5.74, 6) is 0.0696. The van der Waals surface area contributed by atoms with Crippen molar-refractivity contribution >= 4 is 18.1 Å². The van der Waals surface area contributed by atoms with Crippen molar-refractivity contribution in [3.05, 3.63) is 34.9 Å². The minimum Gasteiger partial charge on any atom is -0.460 e. The van der Waals surface area contributed by atoms with Crippen LogP contribution in [0.15, 0.2) is 34.2 Å². The standard InChI is InChI=1S/C29H48N4O5/c1-4-5-6-7-8-9-10-11-12-13-14-15-16-17-18-19-27(34)36-23-28-37-22-26(38-28)33-21-20-25(31-29(33)35)30-24-32(2)3/h11-12,20-21,24,26,28H,4-10,13-19,22-23H2,1-3H3/b12-11+,30-24?/t26-,28-/m0/s1. The molecular formula is C29H48N4O5. The number of rotatable bonds is 20. The number of carbonyl (C=O) groups excluding carboxylic acids is 1. The second kappa shape index (κ2) is 19.5. The first-order valence-corrected chi connectivity index (χ1v) is 14.4. The van der Waals surface area contributed by atoms with E-state index in [2.05, 4.69) is 29.1 Å². The lowest BCUT2D eigenvalue weighted by atomic mass is 10.1. The van der Waals surface area contributed by atoms with E-state index < -0.39 is 18.2 Å². The molecule has 0 amide bonds. The van der Waals surface area contributed by atoms with Crippen molar-refractivity contribution in [2.45, 2.75) is 109 Å². The van der Waals surface area contributed by atoms with E-state index in [1.165, 1.54) is 62.4 Å². The van der Waals surface area contributed by atoms with Crippen LogP contribution in [0.25, 0.3) is 0 Å². The fraction of sp³-hybridized carbons (Fsp3) is 0.724. The topological polar surface area (TPSA) is 95.3 Å². The molecule has 0 aliphatic carbocycles. The zero-order valence-corrected chi connectivity index (χ0v) is 23.7. The average Bonchev–Trinajstić information content (AvgIpc) is 3.37. The average molecular weight is 533 g/mol. The summed E-state index contributed by atoms with van der Waals surface area (Å²) in [6.45, 7) is 2.44. The summed E-state index contributed by atoms with van der Waals surface area (Å²) in [7, 11) is 3.67. The Hall–Kier alpha value is -2.52. The number of hydrogen-bond donors (Lipinski definition) is 0. The van der Waals surface area contributed by atoms with E-state index in [4.69, 9.17) is 14.2 Å². The van der Waals surface area contributed by atoms with E-state index in [1.807, 2.05) is 14.1 Å². The molecule has 38 heavy (non-hydrogen) atoms. The second-order valence-corrected chi connectivity index (χ2v) is 10.1. The van der Waals surface area contributed by atoms with Crippen molar-refractivity contribution in [1.82, 2.24) is 14.5 Å². The smallest absolute Gasteiger partial charge is 0.351 e. The zero-order valence-electron chi connectivity index (χ0n) is 23.7. The van der Waals surface area contributed by atoms with Crippen LogP contribution in [0.5, 0.6) is 0 Å². The SMILES string of the molecule is CCCCCCCC/C=C/CCCCCCCC(=O)OC[C@H]1OC[C@@H](n2ccc(N=CN(C)C)nc2=O)O1. The van der Waals surface area contributed by atoms with E-state index in [-0.39, 0.29) is 19.2 Å². The summed E-state index contributed by atoms with van der Waals surface area (Å²) in [6, 6.07) is 1.63. The Bertz CT molecular complexity index is 899. The third-order valence-corrected chi connectivity index (χ3v) is 6.30. The van der Waals surface area contributed by atoms with Gasteiger partial charge in [-0.1, -0.05) is 70.4 Å². The Morgan fingerprint density at radius 1 is 1.08 bits per heavy atom. The molecule has 1 aliphatic rings. The Labute approximate surface area is 228 Å². The van der Waals surface area contributed by atoms with Gasteiger partial charge in [0, 0.05) is 26.7 Å². The molecule has 0 radical (unpaired) electrons. The summed E-state index contributed by atoms with van der Waals surface area (Å²) in [4.78, 5) is 34.2. The van der Waals surface area contributed by atoms with Gasteiger partial charge in [0.15, 0.2) is 18.3 Å². The summed E-state index contributed by atoms with van der Waals surface area (Å²) >= 11 is 0. The lowest BCUT2D eigenvalue weighted by molar-refractivity contribution is -0.159. The number of carbonyl (C=O) groups is 1. The molecule has 1 aliphatic heterocycles. The number of allylic oxidation sites excluding steroid dienone is 2. The lowest BCUT2D eigenvalue weighted by Crippen LogP contribution is -2.28. The molecule has 1 aromatic rings. The first-order chi connectivity index (χ1) is 18.5. The van der Waals surface area contributed by atoms with E-state index in [0.717, 1.165) is 25.7 Å². The molecule has 214 valence electrons. The van der Waals surface area contributed by atoms with Gasteiger partial charge in [-0.05, 0) is 38.2 Å². The third-order valence-electron chi connectivity index (χ3n) is 6.30. The van der Waals surface area contributed by atoms with Crippen molar-refractivity contribution in [3.63, 3.8) is 0 Å². The number of unbranched alkanes of at least 4 members (excludes halogenated alkanes) is 11. The first kappa shape index (κ1) is 31.7. The van der Waals surface area contributed by atoms with Gasteiger partial charge in [0.1, 0.15) is 6.61 Å². The molecule has 1 aromatic heterocycles. The molecule has 0 bridgehead atoms. The quantitative estimate of drug-likeness (QED) is 0.0676. The fourth-order valence-corrected chi connectivity index (χ4v) is 4.12. The lowest BCUT2D eigenvalue weighted by Gasteiger charge is -2.13. The van der Waals surface area contributed by atoms with Crippen molar-refractivity contribution < 1.29 is 19.0 Å². The van der Waals surface area contributed by atoms with E-state index in [0.29, 0.717) is 12.2 Å². The highest BCUT2D eigenvalue weighted by atomic mass is 16.7. The molecule has 0 unspecified atom stereocenters. The van der Waals surface area contributed by atoms with Gasteiger partial charge in [-0.3, -0.25) is 9.36 Å². The minimum absolute atomic E-state index is 0.00774. The minimum atomic E-state index is -0.698. The molecule has 0 N–H and O–H groups in total. The molecule has 9 heteroatoms. The molecule has 0 spiro atoms. The molecule has 2 atom stereocenters. The van der Waals surface area contributed by atoms with Gasteiger partial charge in [-0.25, -0.2) is 9.79 Å². The largest absolute Gasteiger partial charge is 0.460 e. The Balaban J connectivity index is 1.48. The maximum atomic E-state index is 12.3. The highest BCUT2D eigenvalue weighted by Crippen LogP contribution is 2.20. The number of ether oxygens (including phenoxy) is 3. The van der Waals surface area contributed by atoms with Gasteiger partial charge in [-0.2, -0.15) is 4.98 Å². The van der Waals surface area contributed by atoms with Gasteiger partial charge < -0.3 is 19.1 Å². The summed E-state index contributed by atoms with van der Waals surface area (Å²) in [6.07, 6.45) is 22.8. The number of hydrogen-bond acceptors (Lipinski definition) is 7. The number of esters is 1. The van der Waals surface area contributed by atoms with Crippen LogP contribution in [0.1, 0.15) is 103 Å². The zero-order chi connectivity index (χ0) is 27.4. The fourth-order valence-electron chi connectivity index (χ4n) is 4.12.